The van der Waals surface area contributed by atoms with Crippen LogP contribution in [0.15, 0.2) is 41.1 Å². The quantitative estimate of drug-likeness (QED) is 0.185. The van der Waals surface area contributed by atoms with E-state index in [2.05, 4.69) is 25.9 Å². The van der Waals surface area contributed by atoms with Crippen molar-refractivity contribution in [2.24, 2.45) is 0 Å². The van der Waals surface area contributed by atoms with Gasteiger partial charge in [0.2, 0.25) is 5.95 Å². The van der Waals surface area contributed by atoms with Crippen molar-refractivity contribution in [1.82, 2.24) is 14.5 Å². The van der Waals surface area contributed by atoms with E-state index in [9.17, 15) is 19.2 Å². The van der Waals surface area contributed by atoms with E-state index in [0.29, 0.717) is 15.4 Å². The Bertz CT molecular complexity index is 1290. The monoisotopic (exact) mass is 589 g/mol. The first-order chi connectivity index (χ1) is 18.3. The smallest absolute Gasteiger partial charge is 0.326 e. The van der Waals surface area contributed by atoms with Gasteiger partial charge >= 0.3 is 23.9 Å². The molecule has 2 heterocycles. The predicted octanol–water partition coefficient (Wildman–Crippen LogP) is 3.60. The van der Waals surface area contributed by atoms with Crippen molar-refractivity contribution in [3.8, 4) is 5.95 Å². The lowest BCUT2D eigenvalue weighted by molar-refractivity contribution is -0.159. The molecule has 3 aromatic rings. The molecule has 0 saturated carbocycles. The summed E-state index contributed by atoms with van der Waals surface area (Å²) in [4.78, 5) is 60.9. The maximum Gasteiger partial charge on any atom is 0.326 e. The lowest BCUT2D eigenvalue weighted by atomic mass is 9.97. The van der Waals surface area contributed by atoms with Crippen LogP contribution in [0, 0.1) is 0 Å². The van der Waals surface area contributed by atoms with Crippen LogP contribution < -0.4 is 0 Å². The molecule has 0 radical (unpaired) electrons. The van der Waals surface area contributed by atoms with Crippen LogP contribution in [-0.2, 0) is 38.1 Å². The molecule has 0 atom stereocenters. The van der Waals surface area contributed by atoms with Gasteiger partial charge in [0, 0.05) is 27.8 Å². The molecule has 0 unspecified atom stereocenters. The van der Waals surface area contributed by atoms with Crippen molar-refractivity contribution in [3.05, 3.63) is 52.4 Å². The summed E-state index contributed by atoms with van der Waals surface area (Å²) in [6, 6.07) is 6.46. The zero-order valence-electron chi connectivity index (χ0n) is 21.4. The van der Waals surface area contributed by atoms with E-state index >= 15 is 0 Å². The van der Waals surface area contributed by atoms with E-state index in [1.165, 1.54) is 17.0 Å². The third kappa shape index (κ3) is 6.01. The fraction of sp³-hybridized carbons (Fsp3) is 0.385. The van der Waals surface area contributed by atoms with Gasteiger partial charge in [0.25, 0.3) is 0 Å². The van der Waals surface area contributed by atoms with Gasteiger partial charge in [-0.2, -0.15) is 0 Å². The molecule has 0 N–H and O–H groups in total. The molecule has 38 heavy (non-hydrogen) atoms. The molecule has 0 fully saturated rings. The highest BCUT2D eigenvalue weighted by molar-refractivity contribution is 9.10. The van der Waals surface area contributed by atoms with Crippen molar-refractivity contribution in [3.63, 3.8) is 0 Å². The highest BCUT2D eigenvalue weighted by Gasteiger charge is 2.39. The standard InChI is InChI=1S/C26H28BrN3O8/c1-5-35-22(31)19(23(32)36-6-2)17-14-16(27)12-15-13-18(20(24(33)37-7-3)25(34)38-8-4)30(21(15)17)26-28-10-9-11-29-26/h9-14,19-20H,5-8H2,1-4H3. The number of hydrogen-bond acceptors (Lipinski definition) is 10. The number of fused-ring (bicyclic) bond motifs is 1. The molecule has 0 aliphatic carbocycles. The zero-order valence-corrected chi connectivity index (χ0v) is 23.0. The number of carbonyl (C=O) groups excluding carboxylic acids is 4. The minimum atomic E-state index is -1.50. The number of hydrogen-bond donors (Lipinski definition) is 0. The van der Waals surface area contributed by atoms with Gasteiger partial charge in [-0.15, -0.1) is 0 Å². The number of carbonyl (C=O) groups is 4. The van der Waals surface area contributed by atoms with E-state index in [4.69, 9.17) is 18.9 Å². The van der Waals surface area contributed by atoms with Crippen LogP contribution >= 0.6 is 15.9 Å². The molecule has 0 aliphatic heterocycles. The van der Waals surface area contributed by atoms with Crippen molar-refractivity contribution in [1.29, 1.82) is 0 Å². The molecule has 3 rings (SSSR count). The maximum atomic E-state index is 13.1. The summed E-state index contributed by atoms with van der Waals surface area (Å²) in [5.41, 5.74) is 0.643. The lowest BCUT2D eigenvalue weighted by Gasteiger charge is -2.20. The molecular formula is C26H28BrN3O8. The lowest BCUT2D eigenvalue weighted by Crippen LogP contribution is -2.29. The number of nitrogens with zero attached hydrogens (tertiary/aromatic N) is 3. The van der Waals surface area contributed by atoms with Crippen LogP contribution in [0.1, 0.15) is 50.8 Å². The summed E-state index contributed by atoms with van der Waals surface area (Å²) < 4.78 is 22.8. The van der Waals surface area contributed by atoms with Crippen LogP contribution in [0.5, 0.6) is 0 Å². The summed E-state index contributed by atoms with van der Waals surface area (Å²) in [5.74, 6) is -6.18. The summed E-state index contributed by atoms with van der Waals surface area (Å²) in [7, 11) is 0. The summed E-state index contributed by atoms with van der Waals surface area (Å²) in [5, 5.41) is 0.481. The van der Waals surface area contributed by atoms with Gasteiger partial charge in [-0.25, -0.2) is 9.97 Å². The maximum absolute atomic E-state index is 13.1. The SMILES string of the molecule is CCOC(=O)C(C(=O)OCC)c1cc(Br)cc2cc(C(C(=O)OCC)C(=O)OCC)n(-c3ncccn3)c12. The van der Waals surface area contributed by atoms with E-state index in [1.807, 2.05) is 0 Å². The Labute approximate surface area is 227 Å². The van der Waals surface area contributed by atoms with Crippen molar-refractivity contribution in [2.45, 2.75) is 39.5 Å². The highest BCUT2D eigenvalue weighted by atomic mass is 79.9. The molecule has 11 nitrogen and oxygen atoms in total. The summed E-state index contributed by atoms with van der Waals surface area (Å²) in [6.07, 6.45) is 2.96. The zero-order chi connectivity index (χ0) is 27.8. The Morgan fingerprint density at radius 1 is 0.763 bits per heavy atom. The second-order valence-electron chi connectivity index (χ2n) is 7.76. The molecule has 0 amide bonds. The second-order valence-corrected chi connectivity index (χ2v) is 8.68. The van der Waals surface area contributed by atoms with Crippen molar-refractivity contribution < 1.29 is 38.1 Å². The van der Waals surface area contributed by atoms with E-state index in [-0.39, 0.29) is 43.6 Å². The van der Waals surface area contributed by atoms with Gasteiger partial charge < -0.3 is 18.9 Å². The van der Waals surface area contributed by atoms with Gasteiger partial charge in [0.05, 0.1) is 37.6 Å². The van der Waals surface area contributed by atoms with E-state index in [1.54, 1.807) is 52.0 Å². The van der Waals surface area contributed by atoms with Crippen LogP contribution in [0.3, 0.4) is 0 Å². The Morgan fingerprint density at radius 3 is 1.71 bits per heavy atom. The minimum absolute atomic E-state index is 0.0292. The summed E-state index contributed by atoms with van der Waals surface area (Å²) in [6.45, 7) is 6.62. The fourth-order valence-corrected chi connectivity index (χ4v) is 4.50. The van der Waals surface area contributed by atoms with Crippen LogP contribution in [0.25, 0.3) is 16.9 Å². The second kappa shape index (κ2) is 13.1. The molecule has 1 aromatic carbocycles. The molecule has 0 bridgehead atoms. The molecule has 202 valence electrons. The van der Waals surface area contributed by atoms with Crippen molar-refractivity contribution in [2.75, 3.05) is 26.4 Å². The molecule has 0 aliphatic rings. The Morgan fingerprint density at radius 2 is 1.24 bits per heavy atom. The third-order valence-corrected chi connectivity index (χ3v) is 5.82. The van der Waals surface area contributed by atoms with Gasteiger partial charge in [0.15, 0.2) is 11.8 Å². The van der Waals surface area contributed by atoms with Crippen LogP contribution in [0.2, 0.25) is 0 Å². The largest absolute Gasteiger partial charge is 0.465 e. The number of rotatable bonds is 11. The molecule has 0 saturated heterocycles. The molecule has 0 spiro atoms. The first-order valence-electron chi connectivity index (χ1n) is 12.1. The molecule has 2 aromatic heterocycles. The number of aromatic nitrogens is 3. The van der Waals surface area contributed by atoms with Gasteiger partial charge in [-0.1, -0.05) is 15.9 Å². The van der Waals surface area contributed by atoms with Gasteiger partial charge in [-0.3, -0.25) is 23.7 Å². The van der Waals surface area contributed by atoms with Crippen LogP contribution in [-0.4, -0.2) is 64.8 Å². The molecule has 12 heteroatoms. The number of esters is 4. The predicted molar refractivity (Wildman–Crippen MR) is 139 cm³/mol. The normalized spacial score (nSPS) is 11.0. The van der Waals surface area contributed by atoms with E-state index in [0.717, 1.165) is 0 Å². The fourth-order valence-electron chi connectivity index (χ4n) is 4.01. The van der Waals surface area contributed by atoms with Gasteiger partial charge in [-0.05, 0) is 52.0 Å². The van der Waals surface area contributed by atoms with Gasteiger partial charge in [0.1, 0.15) is 0 Å². The average Bonchev–Trinajstić information content (AvgIpc) is 3.24. The Hall–Kier alpha value is -3.80. The van der Waals surface area contributed by atoms with Crippen LogP contribution in [0.4, 0.5) is 0 Å². The summed E-state index contributed by atoms with van der Waals surface area (Å²) >= 11 is 3.43. The Balaban J connectivity index is 2.45. The van der Waals surface area contributed by atoms with E-state index < -0.39 is 35.7 Å². The molecular weight excluding hydrogens is 562 g/mol. The highest BCUT2D eigenvalue weighted by Crippen LogP contribution is 2.37. The first kappa shape index (κ1) is 28.8. The topological polar surface area (TPSA) is 136 Å². The Kier molecular flexibility index (Phi) is 9.94. The third-order valence-electron chi connectivity index (χ3n) is 5.37. The van der Waals surface area contributed by atoms with Crippen molar-refractivity contribution >= 4 is 50.7 Å². The number of ether oxygens (including phenoxy) is 4. The number of benzene rings is 1. The first-order valence-corrected chi connectivity index (χ1v) is 12.9. The minimum Gasteiger partial charge on any atom is -0.465 e. The number of halogens is 1. The average molecular weight is 590 g/mol.